The quantitative estimate of drug-likeness (QED) is 0.682. The Bertz CT molecular complexity index is 941. The molecule has 0 N–H and O–H groups in total. The predicted octanol–water partition coefficient (Wildman–Crippen LogP) is 0.302. The van der Waals surface area contributed by atoms with Gasteiger partial charge < -0.3 is 14.7 Å². The van der Waals surface area contributed by atoms with Gasteiger partial charge in [-0.2, -0.15) is 5.26 Å². The minimum Gasteiger partial charge on any atom is -0.331 e. The molecule has 0 aliphatic carbocycles. The van der Waals surface area contributed by atoms with Crippen molar-refractivity contribution in [2.45, 2.75) is 12.1 Å². The zero-order valence-corrected chi connectivity index (χ0v) is 15.7. The number of nitriles is 1. The Labute approximate surface area is 156 Å². The van der Waals surface area contributed by atoms with E-state index in [0.29, 0.717) is 0 Å². The lowest BCUT2D eigenvalue weighted by molar-refractivity contribution is 0.0393. The van der Waals surface area contributed by atoms with E-state index in [0.717, 1.165) is 12.1 Å². The van der Waals surface area contributed by atoms with E-state index < -0.39 is 33.6 Å². The number of carbonyl (C=O) groups excluding carboxylic acids is 2. The molecule has 0 aromatic heterocycles. The van der Waals surface area contributed by atoms with Crippen LogP contribution in [-0.4, -0.2) is 85.8 Å². The van der Waals surface area contributed by atoms with Crippen LogP contribution in [-0.2, 0) is 9.84 Å². The summed E-state index contributed by atoms with van der Waals surface area (Å²) in [6, 6.07) is 3.46. The summed E-state index contributed by atoms with van der Waals surface area (Å²) in [5, 5.41) is 8.98. The number of sulfone groups is 1. The minimum atomic E-state index is -3.42. The van der Waals surface area contributed by atoms with Crippen LogP contribution in [0, 0.1) is 17.1 Å². The Morgan fingerprint density at radius 1 is 1.15 bits per heavy atom. The second kappa shape index (κ2) is 6.81. The predicted molar refractivity (Wildman–Crippen MR) is 94.2 cm³/mol. The summed E-state index contributed by atoms with van der Waals surface area (Å²) >= 11 is 0. The molecule has 10 heteroatoms. The topological polar surface area (TPSA) is 102 Å². The Hall–Kier alpha value is -2.67. The van der Waals surface area contributed by atoms with E-state index in [-0.39, 0.29) is 41.8 Å². The third-order valence-electron chi connectivity index (χ3n) is 4.84. The first-order valence-corrected chi connectivity index (χ1v) is 10.1. The molecule has 2 saturated heterocycles. The first-order chi connectivity index (χ1) is 12.6. The van der Waals surface area contributed by atoms with E-state index in [1.165, 1.54) is 20.8 Å². The van der Waals surface area contributed by atoms with Gasteiger partial charge in [-0.1, -0.05) is 0 Å². The monoisotopic (exact) mass is 394 g/mol. The number of hydrogen-bond acceptors (Lipinski definition) is 5. The molecule has 144 valence electrons. The van der Waals surface area contributed by atoms with Crippen LogP contribution in [0.1, 0.15) is 15.9 Å². The molecule has 2 aliphatic rings. The summed E-state index contributed by atoms with van der Waals surface area (Å²) in [5.74, 6) is -1.72. The van der Waals surface area contributed by atoms with E-state index in [1.54, 1.807) is 20.2 Å². The van der Waals surface area contributed by atoms with E-state index in [9.17, 15) is 22.4 Å². The van der Waals surface area contributed by atoms with Gasteiger partial charge in [0.05, 0.1) is 35.2 Å². The number of benzene rings is 1. The highest BCUT2D eigenvalue weighted by molar-refractivity contribution is 7.91. The number of nitrogens with zero attached hydrogens (tertiary/aromatic N) is 4. The van der Waals surface area contributed by atoms with E-state index in [1.807, 2.05) is 0 Å². The number of piperazine rings is 1. The molecule has 2 atom stereocenters. The number of carbonyl (C=O) groups is 2. The van der Waals surface area contributed by atoms with Crippen molar-refractivity contribution in [1.29, 1.82) is 5.26 Å². The molecule has 1 aromatic carbocycles. The number of amides is 3. The number of hydrogen-bond donors (Lipinski definition) is 0. The normalized spacial score (nSPS) is 23.5. The molecule has 2 fully saturated rings. The molecule has 0 bridgehead atoms. The van der Waals surface area contributed by atoms with Crippen molar-refractivity contribution >= 4 is 21.8 Å². The molecule has 0 radical (unpaired) electrons. The van der Waals surface area contributed by atoms with Gasteiger partial charge in [-0.25, -0.2) is 17.6 Å². The van der Waals surface area contributed by atoms with Crippen molar-refractivity contribution in [2.75, 3.05) is 38.7 Å². The Morgan fingerprint density at radius 2 is 1.74 bits per heavy atom. The lowest BCUT2D eigenvalue weighted by atomic mass is 10.0. The fourth-order valence-corrected chi connectivity index (χ4v) is 5.62. The van der Waals surface area contributed by atoms with Gasteiger partial charge >= 0.3 is 6.03 Å². The number of urea groups is 1. The number of halogens is 1. The standard InChI is InChI=1S/C17H19FN4O4S/c1-20(2)17(24)22-4-3-21(14-9-27(25,26)10-15(14)22)16(23)12-5-11(8-19)6-13(18)7-12/h5-7,14-15H,3-4,9-10H2,1-2H3/t14-,15+/m1/s1. The van der Waals surface area contributed by atoms with Gasteiger partial charge in [0, 0.05) is 32.7 Å². The molecule has 0 unspecified atom stereocenters. The van der Waals surface area contributed by atoms with Gasteiger partial charge in [-0.05, 0) is 18.2 Å². The minimum absolute atomic E-state index is 0.00960. The summed E-state index contributed by atoms with van der Waals surface area (Å²) in [7, 11) is -0.268. The molecule has 27 heavy (non-hydrogen) atoms. The maximum Gasteiger partial charge on any atom is 0.319 e. The summed E-state index contributed by atoms with van der Waals surface area (Å²) in [4.78, 5) is 29.5. The molecular formula is C17H19FN4O4S. The van der Waals surface area contributed by atoms with Crippen molar-refractivity contribution in [3.63, 3.8) is 0 Å². The van der Waals surface area contributed by atoms with Gasteiger partial charge in [0.15, 0.2) is 9.84 Å². The molecule has 3 amide bonds. The zero-order valence-electron chi connectivity index (χ0n) is 14.9. The van der Waals surface area contributed by atoms with Crippen molar-refractivity contribution in [3.05, 3.63) is 35.1 Å². The Kier molecular flexibility index (Phi) is 4.82. The molecule has 2 heterocycles. The molecule has 3 rings (SSSR count). The smallest absolute Gasteiger partial charge is 0.319 e. The van der Waals surface area contributed by atoms with Crippen LogP contribution < -0.4 is 0 Å². The molecule has 8 nitrogen and oxygen atoms in total. The third-order valence-corrected chi connectivity index (χ3v) is 6.54. The highest BCUT2D eigenvalue weighted by Crippen LogP contribution is 2.29. The van der Waals surface area contributed by atoms with Crippen LogP contribution in [0.5, 0.6) is 0 Å². The number of fused-ring (bicyclic) bond motifs is 1. The largest absolute Gasteiger partial charge is 0.331 e. The number of rotatable bonds is 1. The molecule has 0 saturated carbocycles. The lowest BCUT2D eigenvalue weighted by Crippen LogP contribution is -2.63. The molecular weight excluding hydrogens is 375 g/mol. The second-order valence-corrected chi connectivity index (χ2v) is 9.07. The van der Waals surface area contributed by atoms with E-state index in [4.69, 9.17) is 5.26 Å². The first-order valence-electron chi connectivity index (χ1n) is 8.33. The average Bonchev–Trinajstić information content (AvgIpc) is 2.93. The second-order valence-electron chi connectivity index (χ2n) is 6.92. The van der Waals surface area contributed by atoms with Crippen LogP contribution >= 0.6 is 0 Å². The molecule has 0 spiro atoms. The maximum absolute atomic E-state index is 13.7. The Balaban J connectivity index is 1.94. The van der Waals surface area contributed by atoms with Crippen LogP contribution in [0.25, 0.3) is 0 Å². The van der Waals surface area contributed by atoms with Gasteiger partial charge in [-0.3, -0.25) is 4.79 Å². The van der Waals surface area contributed by atoms with Crippen LogP contribution in [0.2, 0.25) is 0 Å². The SMILES string of the molecule is CN(C)C(=O)N1CCN(C(=O)c2cc(F)cc(C#N)c2)[C@@H]2CS(=O)(=O)C[C@@H]21. The van der Waals surface area contributed by atoms with Crippen LogP contribution in [0.3, 0.4) is 0 Å². The molecule has 2 aliphatic heterocycles. The summed E-state index contributed by atoms with van der Waals surface area (Å²) in [6.45, 7) is 0.313. The van der Waals surface area contributed by atoms with Crippen molar-refractivity contribution < 1.29 is 22.4 Å². The van der Waals surface area contributed by atoms with Crippen molar-refractivity contribution in [2.24, 2.45) is 0 Å². The first kappa shape index (κ1) is 19.1. The average molecular weight is 394 g/mol. The van der Waals surface area contributed by atoms with Gasteiger partial charge in [0.1, 0.15) is 5.82 Å². The van der Waals surface area contributed by atoms with E-state index >= 15 is 0 Å². The van der Waals surface area contributed by atoms with E-state index in [2.05, 4.69) is 0 Å². The fourth-order valence-electron chi connectivity index (χ4n) is 3.64. The maximum atomic E-state index is 13.7. The van der Waals surface area contributed by atoms with Gasteiger partial charge in [-0.15, -0.1) is 0 Å². The highest BCUT2D eigenvalue weighted by atomic mass is 32.2. The van der Waals surface area contributed by atoms with Crippen LogP contribution in [0.15, 0.2) is 18.2 Å². The third kappa shape index (κ3) is 3.60. The summed E-state index contributed by atoms with van der Waals surface area (Å²) < 4.78 is 38.1. The van der Waals surface area contributed by atoms with Crippen LogP contribution in [0.4, 0.5) is 9.18 Å². The van der Waals surface area contributed by atoms with Gasteiger partial charge in [0.2, 0.25) is 0 Å². The summed E-state index contributed by atoms with van der Waals surface area (Å²) in [6.07, 6.45) is 0. The van der Waals surface area contributed by atoms with Crippen molar-refractivity contribution in [3.8, 4) is 6.07 Å². The zero-order chi connectivity index (χ0) is 19.9. The molecule has 1 aromatic rings. The fraction of sp³-hybridized carbons (Fsp3) is 0.471. The highest BCUT2D eigenvalue weighted by Gasteiger charge is 2.49. The van der Waals surface area contributed by atoms with Crippen molar-refractivity contribution in [1.82, 2.24) is 14.7 Å². The summed E-state index contributed by atoms with van der Waals surface area (Å²) in [5.41, 5.74) is -0.00245. The van der Waals surface area contributed by atoms with Gasteiger partial charge in [0.25, 0.3) is 5.91 Å². The Morgan fingerprint density at radius 3 is 2.33 bits per heavy atom. The lowest BCUT2D eigenvalue weighted by Gasteiger charge is -2.44.